The summed E-state index contributed by atoms with van der Waals surface area (Å²) < 4.78 is 13.8. The van der Waals surface area contributed by atoms with Crippen LogP contribution in [0, 0.1) is 12.7 Å². The lowest BCUT2D eigenvalue weighted by atomic mass is 10.1. The van der Waals surface area contributed by atoms with Crippen LogP contribution in [0.2, 0.25) is 0 Å². The molecule has 1 aliphatic heterocycles. The number of fused-ring (bicyclic) bond motifs is 1. The number of benzene rings is 2. The lowest BCUT2D eigenvalue weighted by Gasteiger charge is -2.18. The van der Waals surface area contributed by atoms with Crippen LogP contribution in [0.25, 0.3) is 0 Å². The number of ketones is 1. The molecule has 0 N–H and O–H groups in total. The highest BCUT2D eigenvalue weighted by atomic mass is 79.9. The first-order valence-corrected chi connectivity index (χ1v) is 7.17. The normalized spacial score (nSPS) is 13.8. The Labute approximate surface area is 129 Å². The van der Waals surface area contributed by atoms with Crippen molar-refractivity contribution in [3.63, 3.8) is 0 Å². The maximum atomic E-state index is 13.4. The molecule has 0 radical (unpaired) electrons. The predicted molar refractivity (Wildman–Crippen MR) is 80.8 cm³/mol. The molecule has 0 aliphatic carbocycles. The molecule has 21 heavy (non-hydrogen) atoms. The summed E-state index contributed by atoms with van der Waals surface area (Å²) in [6.07, 6.45) is 0. The van der Waals surface area contributed by atoms with Crippen molar-refractivity contribution in [1.29, 1.82) is 0 Å². The van der Waals surface area contributed by atoms with E-state index in [0.717, 1.165) is 17.2 Å². The van der Waals surface area contributed by atoms with Crippen molar-refractivity contribution in [3.8, 4) is 0 Å². The van der Waals surface area contributed by atoms with Crippen LogP contribution in [0.4, 0.5) is 10.1 Å². The van der Waals surface area contributed by atoms with Gasteiger partial charge in [0.05, 0.1) is 17.8 Å². The zero-order chi connectivity index (χ0) is 15.1. The summed E-state index contributed by atoms with van der Waals surface area (Å²) in [5, 5.41) is 0. The molecule has 3 rings (SSSR count). The van der Waals surface area contributed by atoms with Crippen molar-refractivity contribution < 1.29 is 14.0 Å². The molecular formula is C16H11BrFNO2. The third-order valence-electron chi connectivity index (χ3n) is 3.41. The van der Waals surface area contributed by atoms with E-state index >= 15 is 0 Å². The summed E-state index contributed by atoms with van der Waals surface area (Å²) >= 11 is 3.24. The Balaban J connectivity index is 2.05. The Morgan fingerprint density at radius 2 is 1.95 bits per heavy atom. The summed E-state index contributed by atoms with van der Waals surface area (Å²) in [6.45, 7) is 2.24. The summed E-state index contributed by atoms with van der Waals surface area (Å²) in [7, 11) is 0. The van der Waals surface area contributed by atoms with Crippen LogP contribution in [-0.4, -0.2) is 11.7 Å². The Hall–Kier alpha value is -2.01. The summed E-state index contributed by atoms with van der Waals surface area (Å²) in [5.74, 6) is -1.84. The highest BCUT2D eigenvalue weighted by Gasteiger charge is 2.37. The molecule has 1 aliphatic rings. The molecule has 0 unspecified atom stereocenters. The fraction of sp³-hybridized carbons (Fsp3) is 0.125. The molecular weight excluding hydrogens is 337 g/mol. The smallest absolute Gasteiger partial charge is 0.299 e. The number of anilines is 1. The topological polar surface area (TPSA) is 37.4 Å². The SMILES string of the molecule is Cc1cccc(CN2C(=O)C(=O)c3cc(F)cc(Br)c32)c1. The van der Waals surface area contributed by atoms with Crippen molar-refractivity contribution in [1.82, 2.24) is 0 Å². The fourth-order valence-electron chi connectivity index (χ4n) is 2.50. The van der Waals surface area contributed by atoms with Crippen molar-refractivity contribution in [3.05, 3.63) is 63.4 Å². The number of hydrogen-bond acceptors (Lipinski definition) is 2. The molecule has 0 aromatic heterocycles. The number of halogens is 2. The van der Waals surface area contributed by atoms with Gasteiger partial charge in [-0.15, -0.1) is 0 Å². The Morgan fingerprint density at radius 1 is 1.19 bits per heavy atom. The average Bonchev–Trinajstić information content (AvgIpc) is 2.64. The van der Waals surface area contributed by atoms with Gasteiger partial charge in [-0.3, -0.25) is 14.5 Å². The monoisotopic (exact) mass is 347 g/mol. The molecule has 3 nitrogen and oxygen atoms in total. The summed E-state index contributed by atoms with van der Waals surface area (Å²) in [4.78, 5) is 25.5. The highest BCUT2D eigenvalue weighted by Crippen LogP contribution is 2.37. The molecule has 1 amide bonds. The van der Waals surface area contributed by atoms with Crippen molar-refractivity contribution in [2.75, 3.05) is 4.90 Å². The standard InChI is InChI=1S/C16H11BrFNO2/c1-9-3-2-4-10(5-9)8-19-14-12(15(20)16(19)21)6-11(18)7-13(14)17/h2-7H,8H2,1H3. The largest absolute Gasteiger partial charge is 0.299 e. The summed E-state index contributed by atoms with van der Waals surface area (Å²) in [5.41, 5.74) is 2.54. The van der Waals surface area contributed by atoms with Crippen LogP contribution in [-0.2, 0) is 11.3 Å². The van der Waals surface area contributed by atoms with E-state index in [9.17, 15) is 14.0 Å². The zero-order valence-corrected chi connectivity index (χ0v) is 12.8. The first-order chi connectivity index (χ1) is 9.97. The van der Waals surface area contributed by atoms with Crippen LogP contribution in [0.1, 0.15) is 21.5 Å². The maximum Gasteiger partial charge on any atom is 0.299 e. The predicted octanol–water partition coefficient (Wildman–Crippen LogP) is 3.63. The molecule has 5 heteroatoms. The molecule has 2 aromatic rings. The first kappa shape index (κ1) is 13.9. The number of carbonyl (C=O) groups is 2. The molecule has 0 spiro atoms. The van der Waals surface area contributed by atoms with Gasteiger partial charge in [-0.1, -0.05) is 29.8 Å². The van der Waals surface area contributed by atoms with E-state index in [4.69, 9.17) is 0 Å². The molecule has 0 atom stereocenters. The van der Waals surface area contributed by atoms with Crippen molar-refractivity contribution in [2.24, 2.45) is 0 Å². The Bertz CT molecular complexity index is 773. The molecule has 0 saturated carbocycles. The van der Waals surface area contributed by atoms with Gasteiger partial charge in [0, 0.05) is 4.47 Å². The van der Waals surface area contributed by atoms with E-state index < -0.39 is 17.5 Å². The second-order valence-electron chi connectivity index (χ2n) is 4.99. The minimum absolute atomic E-state index is 0.111. The van der Waals surface area contributed by atoms with E-state index in [1.807, 2.05) is 31.2 Å². The second-order valence-corrected chi connectivity index (χ2v) is 5.85. The number of aryl methyl sites for hydroxylation is 1. The third kappa shape index (κ3) is 2.38. The first-order valence-electron chi connectivity index (χ1n) is 6.38. The number of hydrogen-bond donors (Lipinski definition) is 0. The molecule has 1 heterocycles. The number of Topliss-reactive ketones (excluding diaryl/α,β-unsaturated/α-hetero) is 1. The Kier molecular flexibility index (Phi) is 3.37. The van der Waals surface area contributed by atoms with E-state index in [2.05, 4.69) is 15.9 Å². The minimum Gasteiger partial charge on any atom is -0.299 e. The Morgan fingerprint density at radius 3 is 2.67 bits per heavy atom. The lowest BCUT2D eigenvalue weighted by molar-refractivity contribution is -0.114. The number of carbonyl (C=O) groups excluding carboxylic acids is 2. The summed E-state index contributed by atoms with van der Waals surface area (Å²) in [6, 6.07) is 10.1. The van der Waals surface area contributed by atoms with E-state index in [1.165, 1.54) is 11.0 Å². The number of amides is 1. The average molecular weight is 348 g/mol. The number of rotatable bonds is 2. The van der Waals surface area contributed by atoms with Crippen LogP contribution in [0.5, 0.6) is 0 Å². The van der Waals surface area contributed by atoms with Gasteiger partial charge in [0.25, 0.3) is 11.7 Å². The molecule has 106 valence electrons. The van der Waals surface area contributed by atoms with Crippen LogP contribution in [0.15, 0.2) is 40.9 Å². The van der Waals surface area contributed by atoms with Gasteiger partial charge in [0.15, 0.2) is 0 Å². The van der Waals surface area contributed by atoms with Crippen LogP contribution >= 0.6 is 15.9 Å². The molecule has 0 bridgehead atoms. The van der Waals surface area contributed by atoms with Gasteiger partial charge in [0.1, 0.15) is 5.82 Å². The number of nitrogens with zero attached hydrogens (tertiary/aromatic N) is 1. The second kappa shape index (κ2) is 5.07. The minimum atomic E-state index is -0.669. The quantitative estimate of drug-likeness (QED) is 0.778. The van der Waals surface area contributed by atoms with Gasteiger partial charge < -0.3 is 0 Å². The van der Waals surface area contributed by atoms with Crippen molar-refractivity contribution >= 4 is 33.3 Å². The maximum absolute atomic E-state index is 13.4. The molecule has 2 aromatic carbocycles. The van der Waals surface area contributed by atoms with Gasteiger partial charge in [-0.25, -0.2) is 4.39 Å². The van der Waals surface area contributed by atoms with Gasteiger partial charge in [-0.05, 0) is 40.5 Å². The molecule has 0 saturated heterocycles. The zero-order valence-electron chi connectivity index (χ0n) is 11.2. The lowest BCUT2D eigenvalue weighted by Crippen LogP contribution is -2.29. The highest BCUT2D eigenvalue weighted by molar-refractivity contribution is 9.10. The van der Waals surface area contributed by atoms with Gasteiger partial charge in [-0.2, -0.15) is 0 Å². The fourth-order valence-corrected chi connectivity index (χ4v) is 3.14. The van der Waals surface area contributed by atoms with E-state index in [-0.39, 0.29) is 12.1 Å². The van der Waals surface area contributed by atoms with E-state index in [1.54, 1.807) is 0 Å². The third-order valence-corrected chi connectivity index (χ3v) is 4.01. The van der Waals surface area contributed by atoms with Crippen molar-refractivity contribution in [2.45, 2.75) is 13.5 Å². The van der Waals surface area contributed by atoms with E-state index in [0.29, 0.717) is 10.2 Å². The molecule has 0 fully saturated rings. The van der Waals surface area contributed by atoms with Crippen LogP contribution < -0.4 is 4.90 Å². The van der Waals surface area contributed by atoms with Gasteiger partial charge in [0.2, 0.25) is 0 Å². The van der Waals surface area contributed by atoms with Crippen LogP contribution in [0.3, 0.4) is 0 Å². The van der Waals surface area contributed by atoms with Gasteiger partial charge >= 0.3 is 0 Å².